The molecular weight excluding hydrogens is 504 g/mol. The Morgan fingerprint density at radius 1 is 1.08 bits per heavy atom. The van der Waals surface area contributed by atoms with Crippen LogP contribution in [0.5, 0.6) is 17.2 Å². The number of fused-ring (bicyclic) bond motifs is 1. The van der Waals surface area contributed by atoms with Crippen molar-refractivity contribution in [2.24, 2.45) is 0 Å². The zero-order valence-corrected chi connectivity index (χ0v) is 22.7. The van der Waals surface area contributed by atoms with Gasteiger partial charge in [0, 0.05) is 36.4 Å². The van der Waals surface area contributed by atoms with Crippen molar-refractivity contribution in [1.82, 2.24) is 19.7 Å². The second-order valence-electron chi connectivity index (χ2n) is 10.3. The molecule has 0 saturated carbocycles. The topological polar surface area (TPSA) is 78.7 Å². The minimum absolute atomic E-state index is 0.0349. The molecule has 1 atom stereocenters. The van der Waals surface area contributed by atoms with E-state index in [1.54, 1.807) is 30.3 Å². The van der Waals surface area contributed by atoms with Crippen LogP contribution in [-0.2, 0) is 4.74 Å². The molecule has 1 aliphatic rings. The van der Waals surface area contributed by atoms with E-state index in [4.69, 9.17) is 30.9 Å². The normalized spacial score (nSPS) is 15.9. The third-order valence-corrected chi connectivity index (χ3v) is 6.78. The number of methoxy groups -OCH3 is 1. The Bertz CT molecular complexity index is 1450. The van der Waals surface area contributed by atoms with Crippen LogP contribution >= 0.6 is 11.6 Å². The van der Waals surface area contributed by atoms with Gasteiger partial charge in [-0.3, -0.25) is 9.67 Å². The van der Waals surface area contributed by atoms with E-state index in [9.17, 15) is 4.79 Å². The molecule has 1 aliphatic heterocycles. The Hall–Kier alpha value is -3.78. The molecular formula is C29H31ClN4O4. The van der Waals surface area contributed by atoms with Crippen LogP contribution in [0, 0.1) is 0 Å². The van der Waals surface area contributed by atoms with E-state index >= 15 is 0 Å². The molecule has 0 spiro atoms. The number of aromatic nitrogens is 3. The fourth-order valence-electron chi connectivity index (χ4n) is 4.66. The Labute approximate surface area is 227 Å². The summed E-state index contributed by atoms with van der Waals surface area (Å²) in [5.74, 6) is 1.72. The molecule has 38 heavy (non-hydrogen) atoms. The van der Waals surface area contributed by atoms with Gasteiger partial charge >= 0.3 is 6.09 Å². The quantitative estimate of drug-likeness (QED) is 0.271. The van der Waals surface area contributed by atoms with Crippen LogP contribution in [-0.4, -0.2) is 51.6 Å². The van der Waals surface area contributed by atoms with E-state index in [2.05, 4.69) is 4.98 Å². The Balaban J connectivity index is 1.41. The molecule has 2 aromatic heterocycles. The lowest BCUT2D eigenvalue weighted by molar-refractivity contribution is 0.0169. The molecule has 1 saturated heterocycles. The van der Waals surface area contributed by atoms with Crippen molar-refractivity contribution in [2.45, 2.75) is 45.3 Å². The number of rotatable bonds is 5. The number of carbonyl (C=O) groups excluding carboxylic acids is 1. The first-order valence-corrected chi connectivity index (χ1v) is 13.0. The highest BCUT2D eigenvalue weighted by Gasteiger charge is 2.30. The van der Waals surface area contributed by atoms with E-state index in [0.29, 0.717) is 35.4 Å². The summed E-state index contributed by atoms with van der Waals surface area (Å²) in [6.07, 6.45) is 5.12. The number of likely N-dealkylation sites (tertiary alicyclic amines) is 1. The molecule has 0 radical (unpaired) electrons. The number of hydrogen-bond donors (Lipinski definition) is 0. The van der Waals surface area contributed by atoms with Gasteiger partial charge in [0.1, 0.15) is 33.6 Å². The number of carbonyl (C=O) groups is 1. The number of amides is 1. The van der Waals surface area contributed by atoms with E-state index < -0.39 is 5.60 Å². The van der Waals surface area contributed by atoms with E-state index in [-0.39, 0.29) is 12.1 Å². The lowest BCUT2D eigenvalue weighted by Crippen LogP contribution is -2.43. The molecule has 9 heteroatoms. The van der Waals surface area contributed by atoms with E-state index in [1.807, 2.05) is 68.0 Å². The van der Waals surface area contributed by atoms with Gasteiger partial charge in [0.2, 0.25) is 0 Å². The summed E-state index contributed by atoms with van der Waals surface area (Å²) in [5, 5.41) is 6.39. The maximum Gasteiger partial charge on any atom is 0.410 e. The van der Waals surface area contributed by atoms with Crippen molar-refractivity contribution in [1.29, 1.82) is 0 Å². The number of ether oxygens (including phenoxy) is 3. The molecule has 0 aliphatic carbocycles. The summed E-state index contributed by atoms with van der Waals surface area (Å²) in [4.78, 5) is 18.9. The van der Waals surface area contributed by atoms with Crippen LogP contribution in [0.4, 0.5) is 4.79 Å². The molecule has 0 bridgehead atoms. The maximum atomic E-state index is 12.7. The largest absolute Gasteiger partial charge is 0.495 e. The van der Waals surface area contributed by atoms with Crippen molar-refractivity contribution in [3.05, 3.63) is 65.9 Å². The zero-order chi connectivity index (χ0) is 26.9. The average molecular weight is 535 g/mol. The van der Waals surface area contributed by atoms with Crippen LogP contribution in [0.3, 0.4) is 0 Å². The molecule has 198 valence electrons. The molecule has 2 aromatic carbocycles. The van der Waals surface area contributed by atoms with Gasteiger partial charge in [0.05, 0.1) is 18.7 Å². The standard InChI is InChI=1S/C29H31ClN4O4/c1-29(2,3)38-28(35)33-16-6-7-20(18-33)34-23-14-15-31-17-22(23)27(32-34)19-10-12-21(13-11-19)37-25-9-5-8-24(36-4)26(25)30/h5,8-15,17,20H,6-7,16,18H2,1-4H3/t20-/m1/s1. The minimum atomic E-state index is -0.533. The third-order valence-electron chi connectivity index (χ3n) is 6.41. The SMILES string of the molecule is COc1cccc(Oc2ccc(-c3nn([C@@H]4CCCN(C(=O)OC(C)(C)C)C4)c4ccncc34)cc2)c1Cl. The van der Waals surface area contributed by atoms with Gasteiger partial charge in [-0.05, 0) is 76.1 Å². The van der Waals surface area contributed by atoms with Crippen LogP contribution in [0.15, 0.2) is 60.9 Å². The highest BCUT2D eigenvalue weighted by molar-refractivity contribution is 6.33. The summed E-state index contributed by atoms with van der Waals surface area (Å²) in [6, 6.07) is 15.1. The first-order valence-electron chi connectivity index (χ1n) is 12.6. The maximum absolute atomic E-state index is 12.7. The summed E-state index contributed by atoms with van der Waals surface area (Å²) in [7, 11) is 1.57. The second kappa shape index (κ2) is 10.5. The fraction of sp³-hybridized carbons (Fsp3) is 0.345. The molecule has 1 amide bonds. The van der Waals surface area contributed by atoms with Gasteiger partial charge in [-0.15, -0.1) is 0 Å². The number of nitrogens with zero attached hydrogens (tertiary/aromatic N) is 4. The number of benzene rings is 2. The predicted molar refractivity (Wildman–Crippen MR) is 147 cm³/mol. The van der Waals surface area contributed by atoms with Gasteiger partial charge in [0.15, 0.2) is 0 Å². The van der Waals surface area contributed by atoms with Crippen molar-refractivity contribution in [2.75, 3.05) is 20.2 Å². The smallest absolute Gasteiger partial charge is 0.410 e. The van der Waals surface area contributed by atoms with Gasteiger partial charge in [0.25, 0.3) is 0 Å². The lowest BCUT2D eigenvalue weighted by Gasteiger charge is -2.34. The van der Waals surface area contributed by atoms with Crippen molar-refractivity contribution in [3.63, 3.8) is 0 Å². The van der Waals surface area contributed by atoms with Gasteiger partial charge in [-0.25, -0.2) is 4.79 Å². The van der Waals surface area contributed by atoms with Crippen LogP contribution < -0.4 is 9.47 Å². The van der Waals surface area contributed by atoms with Crippen LogP contribution in [0.2, 0.25) is 5.02 Å². The summed E-state index contributed by atoms with van der Waals surface area (Å²) < 4.78 is 18.9. The Kier molecular flexibility index (Phi) is 7.17. The van der Waals surface area contributed by atoms with Crippen LogP contribution in [0.1, 0.15) is 39.7 Å². The average Bonchev–Trinajstić information content (AvgIpc) is 3.29. The Morgan fingerprint density at radius 3 is 2.58 bits per heavy atom. The van der Waals surface area contributed by atoms with E-state index in [0.717, 1.165) is 35.0 Å². The number of hydrogen-bond acceptors (Lipinski definition) is 6. The molecule has 4 aromatic rings. The lowest BCUT2D eigenvalue weighted by atomic mass is 10.1. The summed E-state index contributed by atoms with van der Waals surface area (Å²) >= 11 is 6.39. The van der Waals surface area contributed by atoms with Gasteiger partial charge in [-0.2, -0.15) is 5.10 Å². The van der Waals surface area contributed by atoms with Gasteiger partial charge in [-0.1, -0.05) is 17.7 Å². The summed E-state index contributed by atoms with van der Waals surface area (Å²) in [5.41, 5.74) is 2.21. The fourth-order valence-corrected chi connectivity index (χ4v) is 4.90. The number of pyridine rings is 1. The monoisotopic (exact) mass is 534 g/mol. The molecule has 0 unspecified atom stereocenters. The molecule has 0 N–H and O–H groups in total. The Morgan fingerprint density at radius 2 is 1.84 bits per heavy atom. The van der Waals surface area contributed by atoms with E-state index in [1.165, 1.54) is 0 Å². The second-order valence-corrected chi connectivity index (χ2v) is 10.7. The first kappa shape index (κ1) is 25.9. The molecule has 1 fully saturated rings. The van der Waals surface area contributed by atoms with Gasteiger partial charge < -0.3 is 19.1 Å². The zero-order valence-electron chi connectivity index (χ0n) is 22.0. The summed E-state index contributed by atoms with van der Waals surface area (Å²) in [6.45, 7) is 6.87. The minimum Gasteiger partial charge on any atom is -0.495 e. The molecule has 8 nitrogen and oxygen atoms in total. The highest BCUT2D eigenvalue weighted by Crippen LogP contribution is 2.37. The third kappa shape index (κ3) is 5.41. The first-order chi connectivity index (χ1) is 18.2. The highest BCUT2D eigenvalue weighted by atomic mass is 35.5. The predicted octanol–water partition coefficient (Wildman–Crippen LogP) is 7.12. The molecule has 3 heterocycles. The molecule has 5 rings (SSSR count). The number of piperidine rings is 1. The van der Waals surface area contributed by atoms with Crippen molar-refractivity contribution in [3.8, 4) is 28.5 Å². The number of halogens is 1. The van der Waals surface area contributed by atoms with Crippen LogP contribution in [0.25, 0.3) is 22.2 Å². The van der Waals surface area contributed by atoms with Crippen molar-refractivity contribution >= 4 is 28.6 Å². The van der Waals surface area contributed by atoms with Crippen molar-refractivity contribution < 1.29 is 19.0 Å².